The molecule has 0 unspecified atom stereocenters. The van der Waals surface area contributed by atoms with Crippen molar-refractivity contribution in [2.75, 3.05) is 24.1 Å². The number of nitrogens with one attached hydrogen (secondary N) is 1. The number of hydrogen-bond acceptors (Lipinski definition) is 11. The lowest BCUT2D eigenvalue weighted by molar-refractivity contribution is 0.211. The number of nitrogen functional groups attached to an aromatic ring is 1. The average Bonchev–Trinajstić information content (AvgIpc) is 3.70. The minimum atomic E-state index is 0.180. The molecule has 0 bridgehead atoms. The van der Waals surface area contributed by atoms with Crippen molar-refractivity contribution >= 4 is 22.8 Å². The highest BCUT2D eigenvalue weighted by Gasteiger charge is 2.26. The molecule has 228 valence electrons. The van der Waals surface area contributed by atoms with Crippen LogP contribution in [0.15, 0.2) is 73.2 Å². The number of pyridine rings is 2. The molecule has 1 aliphatic carbocycles. The molecule has 6 heterocycles. The first kappa shape index (κ1) is 27.8. The fraction of sp³-hybridized carbons (Fsp3) is 0.273. The Labute approximate surface area is 264 Å². The minimum absolute atomic E-state index is 0.180. The smallest absolute Gasteiger partial charge is 0.234 e. The Balaban J connectivity index is 1.04. The third-order valence-corrected chi connectivity index (χ3v) is 8.52. The SMILES string of the molecule is N#Cc1nccc(NC2CCN(Cc3ccc(-n4c(-c5cccnc5N)nc5ccc(-c6cnn(C7CC7)n6)nc54)cc3)CC2)n1. The summed E-state index contributed by atoms with van der Waals surface area (Å²) in [6.07, 6.45) is 9.28. The van der Waals surface area contributed by atoms with Gasteiger partial charge < -0.3 is 11.1 Å². The fourth-order valence-corrected chi connectivity index (χ4v) is 5.95. The van der Waals surface area contributed by atoms with Gasteiger partial charge in [-0.3, -0.25) is 9.47 Å². The highest BCUT2D eigenvalue weighted by Crippen LogP contribution is 2.35. The van der Waals surface area contributed by atoms with Gasteiger partial charge in [0.2, 0.25) is 5.82 Å². The second-order valence-corrected chi connectivity index (χ2v) is 11.8. The summed E-state index contributed by atoms with van der Waals surface area (Å²) >= 11 is 0. The molecule has 1 aliphatic heterocycles. The first-order valence-electron chi connectivity index (χ1n) is 15.5. The van der Waals surface area contributed by atoms with Gasteiger partial charge in [0, 0.05) is 43.8 Å². The van der Waals surface area contributed by atoms with E-state index in [1.54, 1.807) is 23.4 Å². The van der Waals surface area contributed by atoms with Crippen molar-refractivity contribution in [1.82, 2.24) is 49.4 Å². The second-order valence-electron chi connectivity index (χ2n) is 11.8. The monoisotopic (exact) mass is 609 g/mol. The Morgan fingerprint density at radius 3 is 2.52 bits per heavy atom. The minimum Gasteiger partial charge on any atom is -0.383 e. The van der Waals surface area contributed by atoms with Gasteiger partial charge >= 0.3 is 0 Å². The van der Waals surface area contributed by atoms with E-state index in [0.717, 1.165) is 73.5 Å². The molecule has 0 radical (unpaired) electrons. The van der Waals surface area contributed by atoms with Gasteiger partial charge in [0.15, 0.2) is 11.5 Å². The largest absolute Gasteiger partial charge is 0.383 e. The van der Waals surface area contributed by atoms with Gasteiger partial charge in [-0.1, -0.05) is 12.1 Å². The molecular weight excluding hydrogens is 578 g/mol. The molecule has 13 nitrogen and oxygen atoms in total. The Bertz CT molecular complexity index is 2060. The van der Waals surface area contributed by atoms with E-state index in [1.807, 2.05) is 41.0 Å². The van der Waals surface area contributed by atoms with Crippen LogP contribution in [0.25, 0.3) is 39.6 Å². The number of likely N-dealkylation sites (tertiary alicyclic amines) is 1. The third-order valence-electron chi connectivity index (χ3n) is 8.52. The lowest BCUT2D eigenvalue weighted by Gasteiger charge is -2.32. The molecule has 2 aliphatic rings. The second kappa shape index (κ2) is 11.6. The van der Waals surface area contributed by atoms with E-state index in [2.05, 4.69) is 59.6 Å². The summed E-state index contributed by atoms with van der Waals surface area (Å²) in [5, 5.41) is 21.7. The standard InChI is InChI=1S/C33H31N13/c34-18-30-36-15-11-29(42-30)39-22-12-16-44(17-13-22)20-21-3-5-23(6-4-21)45-32(25-2-1-14-37-31(25)35)41-27-10-9-26(40-33(27)45)28-19-38-46(43-28)24-7-8-24/h1-6,9-11,14-15,19,22,24H,7-8,12-13,16-17,20H2,(H2,35,37)(H,36,39,42). The third kappa shape index (κ3) is 5.50. The van der Waals surface area contributed by atoms with Crippen LogP contribution in [0, 0.1) is 11.3 Å². The molecule has 8 rings (SSSR count). The van der Waals surface area contributed by atoms with E-state index in [1.165, 1.54) is 5.56 Å². The van der Waals surface area contributed by atoms with Crippen molar-refractivity contribution < 1.29 is 0 Å². The lowest BCUT2D eigenvalue weighted by atomic mass is 10.0. The number of hydrogen-bond donors (Lipinski definition) is 2. The quantitative estimate of drug-likeness (QED) is 0.251. The molecule has 13 heteroatoms. The van der Waals surface area contributed by atoms with Crippen molar-refractivity contribution in [3.63, 3.8) is 0 Å². The summed E-state index contributed by atoms with van der Waals surface area (Å²) in [4.78, 5) is 26.8. The number of nitrogens with zero attached hydrogens (tertiary/aromatic N) is 11. The number of nitriles is 1. The van der Waals surface area contributed by atoms with Gasteiger partial charge in [-0.15, -0.1) is 0 Å². The van der Waals surface area contributed by atoms with Gasteiger partial charge in [0.25, 0.3) is 0 Å². The van der Waals surface area contributed by atoms with E-state index in [4.69, 9.17) is 21.0 Å². The molecule has 0 amide bonds. The van der Waals surface area contributed by atoms with E-state index < -0.39 is 0 Å². The van der Waals surface area contributed by atoms with E-state index in [-0.39, 0.29) is 5.82 Å². The normalized spacial score (nSPS) is 15.6. The van der Waals surface area contributed by atoms with Crippen molar-refractivity contribution in [3.8, 4) is 34.5 Å². The van der Waals surface area contributed by atoms with Crippen LogP contribution >= 0.6 is 0 Å². The summed E-state index contributed by atoms with van der Waals surface area (Å²) < 4.78 is 2.04. The van der Waals surface area contributed by atoms with Crippen molar-refractivity contribution in [1.29, 1.82) is 5.26 Å². The molecule has 2 fully saturated rings. The van der Waals surface area contributed by atoms with Gasteiger partial charge in [0.05, 0.1) is 23.5 Å². The number of piperidine rings is 1. The first-order chi connectivity index (χ1) is 22.6. The summed E-state index contributed by atoms with van der Waals surface area (Å²) in [7, 11) is 0. The molecule has 6 aromatic rings. The lowest BCUT2D eigenvalue weighted by Crippen LogP contribution is -2.38. The van der Waals surface area contributed by atoms with Crippen LogP contribution in [0.3, 0.4) is 0 Å². The van der Waals surface area contributed by atoms with Gasteiger partial charge in [-0.25, -0.2) is 24.9 Å². The van der Waals surface area contributed by atoms with Crippen molar-refractivity contribution in [2.45, 2.75) is 44.3 Å². The van der Waals surface area contributed by atoms with E-state index in [0.29, 0.717) is 35.2 Å². The Hall–Kier alpha value is -5.74. The zero-order valence-electron chi connectivity index (χ0n) is 25.0. The number of aromatic nitrogens is 9. The number of nitrogens with two attached hydrogens (primary N) is 1. The molecular formula is C33H31N13. The van der Waals surface area contributed by atoms with Crippen LogP contribution in [0.1, 0.15) is 43.1 Å². The predicted octanol–water partition coefficient (Wildman–Crippen LogP) is 4.40. The highest BCUT2D eigenvalue weighted by molar-refractivity contribution is 5.84. The molecule has 1 aromatic carbocycles. The molecule has 0 spiro atoms. The van der Waals surface area contributed by atoms with Gasteiger partial charge in [0.1, 0.15) is 28.9 Å². The average molecular weight is 610 g/mol. The van der Waals surface area contributed by atoms with Crippen LogP contribution in [0.2, 0.25) is 0 Å². The van der Waals surface area contributed by atoms with Crippen LogP contribution < -0.4 is 11.1 Å². The summed E-state index contributed by atoms with van der Waals surface area (Å²) in [6.45, 7) is 2.78. The van der Waals surface area contributed by atoms with Crippen LogP contribution in [0.5, 0.6) is 0 Å². The Kier molecular flexibility index (Phi) is 7.03. The van der Waals surface area contributed by atoms with E-state index in [9.17, 15) is 0 Å². The van der Waals surface area contributed by atoms with Crippen LogP contribution in [0.4, 0.5) is 11.6 Å². The summed E-state index contributed by atoms with van der Waals surface area (Å²) in [5.74, 6) is 1.97. The predicted molar refractivity (Wildman–Crippen MR) is 172 cm³/mol. The maximum atomic E-state index is 9.08. The van der Waals surface area contributed by atoms with Crippen LogP contribution in [-0.2, 0) is 6.54 Å². The zero-order chi connectivity index (χ0) is 31.0. The van der Waals surface area contributed by atoms with E-state index >= 15 is 0 Å². The number of imidazole rings is 1. The fourth-order valence-electron chi connectivity index (χ4n) is 5.95. The molecule has 46 heavy (non-hydrogen) atoms. The maximum absolute atomic E-state index is 9.08. The number of anilines is 2. The van der Waals surface area contributed by atoms with Gasteiger partial charge in [-0.05, 0) is 73.7 Å². The molecule has 1 saturated heterocycles. The van der Waals surface area contributed by atoms with Crippen LogP contribution in [-0.4, -0.2) is 68.5 Å². The van der Waals surface area contributed by atoms with Crippen molar-refractivity contribution in [2.24, 2.45) is 0 Å². The Morgan fingerprint density at radius 2 is 1.74 bits per heavy atom. The number of rotatable bonds is 8. The number of fused-ring (bicyclic) bond motifs is 1. The summed E-state index contributed by atoms with van der Waals surface area (Å²) in [5.41, 5.74) is 12.2. The molecule has 1 saturated carbocycles. The molecule has 0 atom stereocenters. The molecule has 3 N–H and O–H groups in total. The Morgan fingerprint density at radius 1 is 0.891 bits per heavy atom. The number of benzene rings is 1. The summed E-state index contributed by atoms with van der Waals surface area (Å²) in [6, 6.07) is 20.8. The van der Waals surface area contributed by atoms with Gasteiger partial charge in [-0.2, -0.15) is 20.3 Å². The highest BCUT2D eigenvalue weighted by atomic mass is 15.5. The maximum Gasteiger partial charge on any atom is 0.234 e. The topological polar surface area (TPSA) is 165 Å². The zero-order valence-corrected chi connectivity index (χ0v) is 25.0. The van der Waals surface area contributed by atoms with Crippen molar-refractivity contribution in [3.05, 3.63) is 84.6 Å². The first-order valence-corrected chi connectivity index (χ1v) is 15.5. The molecule has 5 aromatic heterocycles.